The highest BCUT2D eigenvalue weighted by atomic mass is 16.6. The van der Waals surface area contributed by atoms with Crippen LogP contribution in [0.25, 0.3) is 0 Å². The second kappa shape index (κ2) is 4.51. The van der Waals surface area contributed by atoms with Crippen molar-refractivity contribution in [1.29, 1.82) is 0 Å². The standard InChI is InChI=1S/C12H18N2O4/c15-10-2-1-8-5-13(6-9(8)10)7-11(16)14-3-4-18-12(14)17/h8-10,15H,1-7H2. The van der Waals surface area contributed by atoms with Gasteiger partial charge in [0.25, 0.3) is 0 Å². The fourth-order valence-electron chi connectivity index (χ4n) is 3.35. The summed E-state index contributed by atoms with van der Waals surface area (Å²) in [5, 5.41) is 9.81. The van der Waals surface area contributed by atoms with E-state index in [0.717, 1.165) is 25.9 Å². The van der Waals surface area contributed by atoms with Crippen molar-refractivity contribution in [1.82, 2.24) is 9.80 Å². The largest absolute Gasteiger partial charge is 0.447 e. The summed E-state index contributed by atoms with van der Waals surface area (Å²) in [6.45, 7) is 2.54. The van der Waals surface area contributed by atoms with Crippen LogP contribution in [0.15, 0.2) is 0 Å². The number of carbonyl (C=O) groups is 2. The summed E-state index contributed by atoms with van der Waals surface area (Å²) in [5.41, 5.74) is 0. The van der Waals surface area contributed by atoms with Crippen LogP contribution in [0.1, 0.15) is 12.8 Å². The number of cyclic esters (lactones) is 1. The van der Waals surface area contributed by atoms with Gasteiger partial charge in [-0.2, -0.15) is 0 Å². The van der Waals surface area contributed by atoms with Gasteiger partial charge < -0.3 is 9.84 Å². The third-order valence-corrected chi connectivity index (χ3v) is 4.32. The Morgan fingerprint density at radius 1 is 1.39 bits per heavy atom. The molecule has 0 aromatic heterocycles. The summed E-state index contributed by atoms with van der Waals surface area (Å²) in [4.78, 5) is 26.4. The Morgan fingerprint density at radius 2 is 2.22 bits per heavy atom. The van der Waals surface area contributed by atoms with E-state index in [1.807, 2.05) is 4.90 Å². The van der Waals surface area contributed by atoms with Crippen LogP contribution in [-0.2, 0) is 9.53 Å². The SMILES string of the molecule is O=C(CN1CC2CCC(O)C2C1)N1CCOC1=O. The summed E-state index contributed by atoms with van der Waals surface area (Å²) in [6.07, 6.45) is 1.18. The average molecular weight is 254 g/mol. The van der Waals surface area contributed by atoms with Crippen molar-refractivity contribution in [3.63, 3.8) is 0 Å². The first kappa shape index (κ1) is 11.9. The van der Waals surface area contributed by atoms with E-state index < -0.39 is 6.09 Å². The molecule has 0 radical (unpaired) electrons. The smallest absolute Gasteiger partial charge is 0.416 e. The Bertz CT molecular complexity index is 373. The van der Waals surface area contributed by atoms with Crippen LogP contribution in [0.4, 0.5) is 4.79 Å². The molecular formula is C12H18N2O4. The first-order chi connectivity index (χ1) is 8.65. The van der Waals surface area contributed by atoms with Gasteiger partial charge in [0.2, 0.25) is 5.91 Å². The molecule has 3 rings (SSSR count). The maximum atomic E-state index is 11.9. The topological polar surface area (TPSA) is 70.1 Å². The molecule has 1 saturated carbocycles. The number of nitrogens with zero attached hydrogens (tertiary/aromatic N) is 2. The molecule has 2 saturated heterocycles. The third kappa shape index (κ3) is 1.99. The van der Waals surface area contributed by atoms with Crippen molar-refractivity contribution in [2.45, 2.75) is 18.9 Å². The van der Waals surface area contributed by atoms with Crippen LogP contribution in [0.5, 0.6) is 0 Å². The molecule has 100 valence electrons. The lowest BCUT2D eigenvalue weighted by Gasteiger charge is -2.19. The minimum Gasteiger partial charge on any atom is -0.447 e. The molecule has 0 aromatic carbocycles. The minimum atomic E-state index is -0.528. The highest BCUT2D eigenvalue weighted by Crippen LogP contribution is 2.37. The van der Waals surface area contributed by atoms with Crippen molar-refractivity contribution >= 4 is 12.0 Å². The molecule has 1 N–H and O–H groups in total. The van der Waals surface area contributed by atoms with Crippen LogP contribution in [0.3, 0.4) is 0 Å². The molecule has 2 amide bonds. The second-order valence-electron chi connectivity index (χ2n) is 5.42. The normalized spacial score (nSPS) is 35.9. The van der Waals surface area contributed by atoms with Gasteiger partial charge in [0.1, 0.15) is 6.61 Å². The zero-order chi connectivity index (χ0) is 12.7. The molecule has 3 aliphatic rings. The number of rotatable bonds is 2. The van der Waals surface area contributed by atoms with E-state index in [9.17, 15) is 14.7 Å². The van der Waals surface area contributed by atoms with Crippen LogP contribution in [-0.4, -0.2) is 65.8 Å². The number of imide groups is 1. The molecule has 2 aliphatic heterocycles. The van der Waals surface area contributed by atoms with E-state index in [0.29, 0.717) is 25.0 Å². The van der Waals surface area contributed by atoms with Gasteiger partial charge in [0, 0.05) is 19.0 Å². The number of carbonyl (C=O) groups excluding carboxylic acids is 2. The highest BCUT2D eigenvalue weighted by molar-refractivity contribution is 5.94. The van der Waals surface area contributed by atoms with Crippen LogP contribution in [0.2, 0.25) is 0 Å². The first-order valence-corrected chi connectivity index (χ1v) is 6.52. The number of fused-ring (bicyclic) bond motifs is 1. The lowest BCUT2D eigenvalue weighted by Crippen LogP contribution is -2.40. The van der Waals surface area contributed by atoms with Gasteiger partial charge in [0.15, 0.2) is 0 Å². The van der Waals surface area contributed by atoms with Gasteiger partial charge in [-0.25, -0.2) is 9.69 Å². The monoisotopic (exact) mass is 254 g/mol. The minimum absolute atomic E-state index is 0.188. The van der Waals surface area contributed by atoms with E-state index in [1.54, 1.807) is 0 Å². The van der Waals surface area contributed by atoms with Gasteiger partial charge in [-0.15, -0.1) is 0 Å². The van der Waals surface area contributed by atoms with Crippen LogP contribution in [0, 0.1) is 11.8 Å². The highest BCUT2D eigenvalue weighted by Gasteiger charge is 2.42. The number of aliphatic hydroxyl groups excluding tert-OH is 1. The fourth-order valence-corrected chi connectivity index (χ4v) is 3.35. The molecule has 18 heavy (non-hydrogen) atoms. The van der Waals surface area contributed by atoms with E-state index >= 15 is 0 Å². The lowest BCUT2D eigenvalue weighted by molar-refractivity contribution is -0.128. The summed E-state index contributed by atoms with van der Waals surface area (Å²) in [7, 11) is 0. The summed E-state index contributed by atoms with van der Waals surface area (Å²) in [5.74, 6) is 0.633. The average Bonchev–Trinajstić information content (AvgIpc) is 2.98. The number of likely N-dealkylation sites (tertiary alicyclic amines) is 1. The van der Waals surface area contributed by atoms with Gasteiger partial charge in [0.05, 0.1) is 19.2 Å². The predicted molar refractivity (Wildman–Crippen MR) is 61.7 cm³/mol. The molecular weight excluding hydrogens is 236 g/mol. The van der Waals surface area contributed by atoms with Gasteiger partial charge in [-0.3, -0.25) is 9.69 Å². The summed E-state index contributed by atoms with van der Waals surface area (Å²) >= 11 is 0. The maximum Gasteiger partial charge on any atom is 0.416 e. The molecule has 0 bridgehead atoms. The Kier molecular flexibility index (Phi) is 2.99. The summed E-state index contributed by atoms with van der Waals surface area (Å²) < 4.78 is 4.75. The van der Waals surface area contributed by atoms with Crippen LogP contribution < -0.4 is 0 Å². The Balaban J connectivity index is 1.55. The van der Waals surface area contributed by atoms with Crippen molar-refractivity contribution in [3.8, 4) is 0 Å². The molecule has 0 aromatic rings. The lowest BCUT2D eigenvalue weighted by atomic mass is 10.00. The quantitative estimate of drug-likeness (QED) is 0.730. The van der Waals surface area contributed by atoms with Crippen molar-refractivity contribution in [3.05, 3.63) is 0 Å². The Hall–Kier alpha value is -1.14. The molecule has 3 fully saturated rings. The number of hydrogen-bond acceptors (Lipinski definition) is 5. The molecule has 1 aliphatic carbocycles. The molecule has 3 unspecified atom stereocenters. The Labute approximate surface area is 105 Å². The summed E-state index contributed by atoms with van der Waals surface area (Å²) in [6, 6.07) is 0. The van der Waals surface area contributed by atoms with Gasteiger partial charge >= 0.3 is 6.09 Å². The molecule has 3 atom stereocenters. The van der Waals surface area contributed by atoms with Crippen molar-refractivity contribution in [2.75, 3.05) is 32.8 Å². The first-order valence-electron chi connectivity index (χ1n) is 6.52. The third-order valence-electron chi connectivity index (χ3n) is 4.32. The van der Waals surface area contributed by atoms with Gasteiger partial charge in [-0.05, 0) is 18.8 Å². The van der Waals surface area contributed by atoms with Gasteiger partial charge in [-0.1, -0.05) is 0 Å². The van der Waals surface area contributed by atoms with Crippen LogP contribution >= 0.6 is 0 Å². The van der Waals surface area contributed by atoms with E-state index in [-0.39, 0.29) is 18.6 Å². The number of ether oxygens (including phenoxy) is 1. The van der Waals surface area contributed by atoms with Crippen molar-refractivity contribution in [2.24, 2.45) is 11.8 Å². The predicted octanol–water partition coefficient (Wildman–Crippen LogP) is -0.332. The van der Waals surface area contributed by atoms with Crippen molar-refractivity contribution < 1.29 is 19.4 Å². The molecule has 0 spiro atoms. The number of aliphatic hydroxyl groups is 1. The Morgan fingerprint density at radius 3 is 2.89 bits per heavy atom. The maximum absolute atomic E-state index is 11.9. The zero-order valence-corrected chi connectivity index (χ0v) is 10.2. The molecule has 6 heteroatoms. The second-order valence-corrected chi connectivity index (χ2v) is 5.42. The van der Waals surface area contributed by atoms with E-state index in [2.05, 4.69) is 0 Å². The zero-order valence-electron chi connectivity index (χ0n) is 10.2. The fraction of sp³-hybridized carbons (Fsp3) is 0.833. The number of hydrogen-bond donors (Lipinski definition) is 1. The number of amides is 2. The molecule has 6 nitrogen and oxygen atoms in total. The van der Waals surface area contributed by atoms with E-state index in [4.69, 9.17) is 4.74 Å². The van der Waals surface area contributed by atoms with E-state index in [1.165, 1.54) is 4.90 Å². The molecule has 2 heterocycles.